The number of Topliss-reactive ketones (excluding diaryl/α,β-unsaturated/α-hetero) is 1. The van der Waals surface area contributed by atoms with Crippen LogP contribution < -0.4 is 0 Å². The fourth-order valence-electron chi connectivity index (χ4n) is 2.96. The fourth-order valence-corrected chi connectivity index (χ4v) is 2.96. The molecule has 0 amide bonds. The maximum Gasteiger partial charge on any atom is 0.377 e. The minimum Gasteiger partial charge on any atom is -0.475 e. The number of aliphatic carboxylic acids is 1. The summed E-state index contributed by atoms with van der Waals surface area (Å²) in [5, 5.41) is 9.13. The molecule has 25 heavy (non-hydrogen) atoms. The summed E-state index contributed by atoms with van der Waals surface area (Å²) in [5.41, 5.74) is 4.34. The standard InChI is InChI=1S/C22H26O3/c1-14(2)13-19-17(7-6-8-18(19)20(23)21(24)25)15-9-11-16(12-10-15)22(3,4)5/h6-12,14H,13H2,1-5H3,(H,24,25). The van der Waals surface area contributed by atoms with E-state index in [0.29, 0.717) is 17.9 Å². The first-order valence-electron chi connectivity index (χ1n) is 8.61. The van der Waals surface area contributed by atoms with Crippen LogP contribution in [0.3, 0.4) is 0 Å². The van der Waals surface area contributed by atoms with Crippen molar-refractivity contribution in [3.05, 3.63) is 59.2 Å². The molecule has 132 valence electrons. The summed E-state index contributed by atoms with van der Waals surface area (Å²) in [6, 6.07) is 13.6. The summed E-state index contributed by atoms with van der Waals surface area (Å²) in [7, 11) is 0. The molecule has 0 aliphatic rings. The molecule has 2 aromatic carbocycles. The SMILES string of the molecule is CC(C)Cc1c(C(=O)C(=O)O)cccc1-c1ccc(C(C)(C)C)cc1. The summed E-state index contributed by atoms with van der Waals surface area (Å²) in [6.07, 6.45) is 0.658. The zero-order valence-corrected chi connectivity index (χ0v) is 15.6. The van der Waals surface area contributed by atoms with E-state index in [4.69, 9.17) is 5.11 Å². The lowest BCUT2D eigenvalue weighted by molar-refractivity contribution is -0.131. The van der Waals surface area contributed by atoms with Crippen molar-refractivity contribution in [1.29, 1.82) is 0 Å². The van der Waals surface area contributed by atoms with E-state index < -0.39 is 11.8 Å². The van der Waals surface area contributed by atoms with E-state index in [9.17, 15) is 9.59 Å². The molecule has 0 heterocycles. The number of hydrogen-bond acceptors (Lipinski definition) is 2. The molecule has 0 fully saturated rings. The van der Waals surface area contributed by atoms with Gasteiger partial charge in [0, 0.05) is 5.56 Å². The quantitative estimate of drug-likeness (QED) is 0.608. The normalized spacial score (nSPS) is 11.6. The summed E-state index contributed by atoms with van der Waals surface area (Å²) < 4.78 is 0. The third-order valence-electron chi connectivity index (χ3n) is 4.29. The number of carboxylic acids is 1. The third-order valence-corrected chi connectivity index (χ3v) is 4.29. The summed E-state index contributed by atoms with van der Waals surface area (Å²) in [5.74, 6) is -1.94. The van der Waals surface area contributed by atoms with Gasteiger partial charge >= 0.3 is 5.97 Å². The Hall–Kier alpha value is -2.42. The van der Waals surface area contributed by atoms with E-state index >= 15 is 0 Å². The molecule has 0 atom stereocenters. The van der Waals surface area contributed by atoms with Gasteiger partial charge in [-0.15, -0.1) is 0 Å². The molecule has 3 heteroatoms. The van der Waals surface area contributed by atoms with E-state index in [0.717, 1.165) is 16.7 Å². The predicted molar refractivity (Wildman–Crippen MR) is 101 cm³/mol. The number of carbonyl (C=O) groups is 2. The van der Waals surface area contributed by atoms with Gasteiger partial charge in [-0.2, -0.15) is 0 Å². The van der Waals surface area contributed by atoms with E-state index in [1.54, 1.807) is 12.1 Å². The number of benzene rings is 2. The summed E-state index contributed by atoms with van der Waals surface area (Å²) in [4.78, 5) is 23.3. The van der Waals surface area contributed by atoms with Gasteiger partial charge in [-0.05, 0) is 40.0 Å². The molecule has 0 saturated carbocycles. The molecular weight excluding hydrogens is 312 g/mol. The lowest BCUT2D eigenvalue weighted by atomic mass is 9.84. The van der Waals surface area contributed by atoms with Gasteiger partial charge in [-0.1, -0.05) is 77.1 Å². The van der Waals surface area contributed by atoms with Crippen LogP contribution in [0.2, 0.25) is 0 Å². The number of rotatable bonds is 5. The van der Waals surface area contributed by atoms with Crippen LogP contribution in [0.25, 0.3) is 11.1 Å². The zero-order valence-electron chi connectivity index (χ0n) is 15.6. The topological polar surface area (TPSA) is 54.4 Å². The Morgan fingerprint density at radius 1 is 1.00 bits per heavy atom. The van der Waals surface area contributed by atoms with Gasteiger partial charge < -0.3 is 5.11 Å². The van der Waals surface area contributed by atoms with Crippen molar-refractivity contribution in [2.24, 2.45) is 5.92 Å². The average Bonchev–Trinajstić information content (AvgIpc) is 2.53. The van der Waals surface area contributed by atoms with Crippen molar-refractivity contribution in [1.82, 2.24) is 0 Å². The molecule has 0 aliphatic carbocycles. The lowest BCUT2D eigenvalue weighted by Crippen LogP contribution is -2.16. The van der Waals surface area contributed by atoms with Crippen LogP contribution in [0.1, 0.15) is 56.1 Å². The van der Waals surface area contributed by atoms with Gasteiger partial charge in [0.25, 0.3) is 5.78 Å². The molecule has 0 aromatic heterocycles. The highest BCUT2D eigenvalue weighted by atomic mass is 16.4. The second kappa shape index (κ2) is 7.22. The highest BCUT2D eigenvalue weighted by Crippen LogP contribution is 2.31. The molecule has 3 nitrogen and oxygen atoms in total. The molecule has 0 unspecified atom stereocenters. The van der Waals surface area contributed by atoms with Crippen molar-refractivity contribution in [2.45, 2.75) is 46.5 Å². The first kappa shape index (κ1) is 18.9. The van der Waals surface area contributed by atoms with Gasteiger partial charge in [-0.25, -0.2) is 4.79 Å². The van der Waals surface area contributed by atoms with Crippen molar-refractivity contribution < 1.29 is 14.7 Å². The molecule has 2 aromatic rings. The molecular formula is C22H26O3. The number of carboxylic acid groups (broad SMARTS) is 1. The molecule has 2 rings (SSSR count). The smallest absolute Gasteiger partial charge is 0.377 e. The first-order valence-corrected chi connectivity index (χ1v) is 8.61. The number of ketones is 1. The van der Waals surface area contributed by atoms with Gasteiger partial charge in [0.05, 0.1) is 0 Å². The molecule has 0 spiro atoms. The minimum atomic E-state index is -1.41. The van der Waals surface area contributed by atoms with Crippen molar-refractivity contribution in [2.75, 3.05) is 0 Å². The first-order chi connectivity index (χ1) is 11.6. The zero-order chi connectivity index (χ0) is 18.8. The minimum absolute atomic E-state index is 0.0699. The second-order valence-corrected chi connectivity index (χ2v) is 7.89. The Balaban J connectivity index is 2.58. The van der Waals surface area contributed by atoms with Gasteiger partial charge in [0.2, 0.25) is 0 Å². The Labute approximate surface area is 149 Å². The van der Waals surface area contributed by atoms with E-state index in [1.807, 2.05) is 6.07 Å². The Bertz CT molecular complexity index is 778. The molecule has 0 saturated heterocycles. The largest absolute Gasteiger partial charge is 0.475 e. The predicted octanol–water partition coefficient (Wildman–Crippen LogP) is 5.12. The Morgan fingerprint density at radius 2 is 1.60 bits per heavy atom. The van der Waals surface area contributed by atoms with Crippen LogP contribution in [0.15, 0.2) is 42.5 Å². The van der Waals surface area contributed by atoms with Crippen LogP contribution in [-0.4, -0.2) is 16.9 Å². The molecule has 0 radical (unpaired) electrons. The van der Waals surface area contributed by atoms with Crippen LogP contribution in [-0.2, 0) is 16.6 Å². The highest BCUT2D eigenvalue weighted by molar-refractivity contribution is 6.40. The molecule has 1 N–H and O–H groups in total. The van der Waals surface area contributed by atoms with E-state index in [1.165, 1.54) is 5.56 Å². The molecule has 0 aliphatic heterocycles. The lowest BCUT2D eigenvalue weighted by Gasteiger charge is -2.20. The van der Waals surface area contributed by atoms with Gasteiger partial charge in [-0.3, -0.25) is 4.79 Å². The van der Waals surface area contributed by atoms with Gasteiger partial charge in [0.1, 0.15) is 0 Å². The van der Waals surface area contributed by atoms with Crippen LogP contribution in [0.5, 0.6) is 0 Å². The second-order valence-electron chi connectivity index (χ2n) is 7.89. The average molecular weight is 338 g/mol. The number of hydrogen-bond donors (Lipinski definition) is 1. The Kier molecular flexibility index (Phi) is 5.46. The number of carbonyl (C=O) groups excluding carboxylic acids is 1. The highest BCUT2D eigenvalue weighted by Gasteiger charge is 2.22. The van der Waals surface area contributed by atoms with Crippen LogP contribution >= 0.6 is 0 Å². The van der Waals surface area contributed by atoms with Crippen LogP contribution in [0, 0.1) is 5.92 Å². The molecule has 0 bridgehead atoms. The van der Waals surface area contributed by atoms with Crippen molar-refractivity contribution >= 4 is 11.8 Å². The maximum atomic E-state index is 12.1. The summed E-state index contributed by atoms with van der Waals surface area (Å²) >= 11 is 0. The van der Waals surface area contributed by atoms with Crippen molar-refractivity contribution in [3.8, 4) is 11.1 Å². The van der Waals surface area contributed by atoms with Gasteiger partial charge in [0.15, 0.2) is 0 Å². The van der Waals surface area contributed by atoms with E-state index in [-0.39, 0.29) is 5.41 Å². The fraction of sp³-hybridized carbons (Fsp3) is 0.364. The Morgan fingerprint density at radius 3 is 2.08 bits per heavy atom. The van der Waals surface area contributed by atoms with Crippen molar-refractivity contribution in [3.63, 3.8) is 0 Å². The summed E-state index contributed by atoms with van der Waals surface area (Å²) in [6.45, 7) is 10.6. The van der Waals surface area contributed by atoms with E-state index in [2.05, 4.69) is 58.9 Å². The third kappa shape index (κ3) is 4.36. The van der Waals surface area contributed by atoms with Crippen LogP contribution in [0.4, 0.5) is 0 Å². The maximum absolute atomic E-state index is 12.1. The monoisotopic (exact) mass is 338 g/mol.